The summed E-state index contributed by atoms with van der Waals surface area (Å²) in [4.78, 5) is 9.03. The minimum absolute atomic E-state index is 0.707. The van der Waals surface area contributed by atoms with Gasteiger partial charge in [-0.2, -0.15) is 11.8 Å². The van der Waals surface area contributed by atoms with Gasteiger partial charge in [-0.3, -0.25) is 0 Å². The van der Waals surface area contributed by atoms with E-state index in [4.69, 9.17) is 5.84 Å². The number of rotatable bonds is 6. The van der Waals surface area contributed by atoms with Crippen molar-refractivity contribution in [1.29, 1.82) is 0 Å². The highest BCUT2D eigenvalue weighted by molar-refractivity contribution is 8.00. The molecule has 0 radical (unpaired) electrons. The molecule has 1 fully saturated rings. The van der Waals surface area contributed by atoms with Gasteiger partial charge in [0.1, 0.15) is 17.5 Å². The zero-order valence-electron chi connectivity index (χ0n) is 11.7. The molecule has 1 unspecified atom stereocenters. The number of nitrogen functional groups attached to an aromatic ring is 1. The average Bonchev–Trinajstić information content (AvgIpc) is 2.92. The van der Waals surface area contributed by atoms with Gasteiger partial charge in [-0.25, -0.2) is 15.8 Å². The van der Waals surface area contributed by atoms with E-state index in [0.717, 1.165) is 42.4 Å². The van der Waals surface area contributed by atoms with Crippen LogP contribution in [0.5, 0.6) is 0 Å². The van der Waals surface area contributed by atoms with Crippen LogP contribution in [0.2, 0.25) is 0 Å². The zero-order valence-corrected chi connectivity index (χ0v) is 12.5. The molecule has 0 aliphatic carbocycles. The first-order valence-electron chi connectivity index (χ1n) is 6.94. The smallest absolute Gasteiger partial charge is 0.148 e. The van der Waals surface area contributed by atoms with Gasteiger partial charge >= 0.3 is 0 Å². The maximum Gasteiger partial charge on any atom is 0.148 e. The fraction of sp³-hybridized carbons (Fsp3) is 0.692. The number of hydrogen-bond acceptors (Lipinski definition) is 6. The number of nitrogens with two attached hydrogens (primary N) is 1. The normalized spacial score (nSPS) is 18.6. The van der Waals surface area contributed by atoms with E-state index in [1.807, 2.05) is 18.7 Å². The lowest BCUT2D eigenvalue weighted by molar-refractivity contribution is 0.795. The van der Waals surface area contributed by atoms with Crippen molar-refractivity contribution in [1.82, 2.24) is 9.97 Å². The Balaban J connectivity index is 2.09. The Morgan fingerprint density at radius 1 is 1.37 bits per heavy atom. The largest absolute Gasteiger partial charge is 0.369 e. The summed E-state index contributed by atoms with van der Waals surface area (Å²) in [5.41, 5.74) is 3.66. The summed E-state index contributed by atoms with van der Waals surface area (Å²) < 4.78 is 0. The minimum atomic E-state index is 0.707. The van der Waals surface area contributed by atoms with Crippen LogP contribution < -0.4 is 16.6 Å². The summed E-state index contributed by atoms with van der Waals surface area (Å²) in [6, 6.07) is 0. The van der Waals surface area contributed by atoms with E-state index in [9.17, 15) is 0 Å². The van der Waals surface area contributed by atoms with Crippen molar-refractivity contribution in [2.75, 3.05) is 23.0 Å². The summed E-state index contributed by atoms with van der Waals surface area (Å²) in [7, 11) is 0. The van der Waals surface area contributed by atoms with E-state index in [-0.39, 0.29) is 0 Å². The molecule has 1 saturated heterocycles. The number of nitrogens with zero attached hydrogens (tertiary/aromatic N) is 2. The second kappa shape index (κ2) is 6.96. The molecular formula is C13H23N5S. The molecule has 1 aromatic rings. The molecule has 0 amide bonds. The van der Waals surface area contributed by atoms with Gasteiger partial charge in [0.15, 0.2) is 0 Å². The first-order valence-corrected chi connectivity index (χ1v) is 7.99. The van der Waals surface area contributed by atoms with E-state index >= 15 is 0 Å². The van der Waals surface area contributed by atoms with E-state index < -0.39 is 0 Å². The summed E-state index contributed by atoms with van der Waals surface area (Å²) in [5, 5.41) is 4.17. The van der Waals surface area contributed by atoms with Crippen molar-refractivity contribution < 1.29 is 0 Å². The number of hydrazine groups is 1. The predicted molar refractivity (Wildman–Crippen MR) is 82.5 cm³/mol. The van der Waals surface area contributed by atoms with Crippen molar-refractivity contribution in [2.24, 2.45) is 5.84 Å². The molecule has 19 heavy (non-hydrogen) atoms. The van der Waals surface area contributed by atoms with Gasteiger partial charge in [0.25, 0.3) is 0 Å². The monoisotopic (exact) mass is 281 g/mol. The van der Waals surface area contributed by atoms with Gasteiger partial charge in [-0.1, -0.05) is 6.92 Å². The summed E-state index contributed by atoms with van der Waals surface area (Å²) in [6.07, 6.45) is 4.54. The van der Waals surface area contributed by atoms with Gasteiger partial charge < -0.3 is 10.7 Å². The third kappa shape index (κ3) is 3.73. The molecule has 2 rings (SSSR count). The van der Waals surface area contributed by atoms with E-state index in [0.29, 0.717) is 5.25 Å². The Hall–Kier alpha value is -1.01. The van der Waals surface area contributed by atoms with Crippen LogP contribution in [-0.4, -0.2) is 27.5 Å². The lowest BCUT2D eigenvalue weighted by Gasteiger charge is -2.15. The lowest BCUT2D eigenvalue weighted by atomic mass is 10.2. The minimum Gasteiger partial charge on any atom is -0.369 e. The molecule has 0 spiro atoms. The maximum atomic E-state index is 5.53. The average molecular weight is 281 g/mol. The quantitative estimate of drug-likeness (QED) is 0.549. The molecule has 0 aromatic carbocycles. The molecule has 1 atom stereocenters. The van der Waals surface area contributed by atoms with Crippen LogP contribution in [0.3, 0.4) is 0 Å². The van der Waals surface area contributed by atoms with Crippen molar-refractivity contribution in [3.63, 3.8) is 0 Å². The van der Waals surface area contributed by atoms with Crippen LogP contribution in [-0.2, 0) is 6.42 Å². The van der Waals surface area contributed by atoms with E-state index in [1.165, 1.54) is 18.6 Å². The Labute approximate surface area is 119 Å². The fourth-order valence-electron chi connectivity index (χ4n) is 2.23. The standard InChI is InChI=1S/C13H23N5S/c1-3-5-11-16-12(9(2)13(17-11)18-14)15-8-10-6-4-7-19-10/h10H,3-8,14H2,1-2H3,(H2,15,16,17,18). The van der Waals surface area contributed by atoms with E-state index in [1.54, 1.807) is 0 Å². The Kier molecular flexibility index (Phi) is 5.27. The molecule has 0 saturated carbocycles. The molecule has 2 heterocycles. The van der Waals surface area contributed by atoms with Crippen molar-refractivity contribution in [3.05, 3.63) is 11.4 Å². The zero-order chi connectivity index (χ0) is 13.7. The summed E-state index contributed by atoms with van der Waals surface area (Å²) in [5.74, 6) is 9.30. The number of aromatic nitrogens is 2. The van der Waals surface area contributed by atoms with Gasteiger partial charge in [0, 0.05) is 23.8 Å². The predicted octanol–water partition coefficient (Wildman–Crippen LogP) is 2.33. The van der Waals surface area contributed by atoms with Crippen LogP contribution in [0.15, 0.2) is 0 Å². The highest BCUT2D eigenvalue weighted by atomic mass is 32.2. The Morgan fingerprint density at radius 2 is 2.16 bits per heavy atom. The summed E-state index contributed by atoms with van der Waals surface area (Å²) in [6.45, 7) is 5.09. The second-order valence-corrected chi connectivity index (χ2v) is 6.28. The van der Waals surface area contributed by atoms with Crippen LogP contribution in [0, 0.1) is 6.92 Å². The first kappa shape index (κ1) is 14.4. The maximum absolute atomic E-state index is 5.53. The molecule has 1 aromatic heterocycles. The number of hydrogen-bond donors (Lipinski definition) is 3. The van der Waals surface area contributed by atoms with Crippen LogP contribution >= 0.6 is 11.8 Å². The topological polar surface area (TPSA) is 75.9 Å². The van der Waals surface area contributed by atoms with Gasteiger partial charge in [-0.15, -0.1) is 0 Å². The van der Waals surface area contributed by atoms with Gasteiger partial charge in [0.05, 0.1) is 0 Å². The second-order valence-electron chi connectivity index (χ2n) is 4.87. The van der Waals surface area contributed by atoms with Gasteiger partial charge in [-0.05, 0) is 31.9 Å². The van der Waals surface area contributed by atoms with Crippen LogP contribution in [0.1, 0.15) is 37.6 Å². The number of nitrogens with one attached hydrogen (secondary N) is 2. The Morgan fingerprint density at radius 3 is 2.79 bits per heavy atom. The molecule has 1 aliphatic rings. The van der Waals surface area contributed by atoms with Crippen LogP contribution in [0.4, 0.5) is 11.6 Å². The molecule has 4 N–H and O–H groups in total. The fourth-order valence-corrected chi connectivity index (χ4v) is 3.43. The highest BCUT2D eigenvalue weighted by Crippen LogP contribution is 2.27. The third-order valence-electron chi connectivity index (χ3n) is 3.32. The molecule has 5 nitrogen and oxygen atoms in total. The first-order chi connectivity index (χ1) is 9.24. The molecule has 106 valence electrons. The van der Waals surface area contributed by atoms with E-state index in [2.05, 4.69) is 27.6 Å². The third-order valence-corrected chi connectivity index (χ3v) is 4.72. The van der Waals surface area contributed by atoms with Gasteiger partial charge in [0.2, 0.25) is 0 Å². The number of thioether (sulfide) groups is 1. The number of anilines is 2. The lowest BCUT2D eigenvalue weighted by Crippen LogP contribution is -2.18. The molecule has 0 bridgehead atoms. The molecule has 1 aliphatic heterocycles. The molecule has 6 heteroatoms. The highest BCUT2D eigenvalue weighted by Gasteiger charge is 2.16. The van der Waals surface area contributed by atoms with Crippen molar-refractivity contribution in [3.8, 4) is 0 Å². The van der Waals surface area contributed by atoms with Crippen molar-refractivity contribution in [2.45, 2.75) is 44.8 Å². The molecular weight excluding hydrogens is 258 g/mol. The number of aryl methyl sites for hydroxylation is 1. The Bertz CT molecular complexity index is 418. The van der Waals surface area contributed by atoms with Crippen LogP contribution in [0.25, 0.3) is 0 Å². The SMILES string of the molecule is CCCc1nc(NN)c(C)c(NCC2CCCS2)n1. The summed E-state index contributed by atoms with van der Waals surface area (Å²) >= 11 is 2.05. The van der Waals surface area contributed by atoms with Crippen molar-refractivity contribution >= 4 is 23.4 Å².